The van der Waals surface area contributed by atoms with Gasteiger partial charge in [-0.3, -0.25) is 0 Å². The number of H-pyrrole nitrogens is 1. The molecule has 0 atom stereocenters. The van der Waals surface area contributed by atoms with E-state index in [1.807, 2.05) is 24.3 Å². The third-order valence-corrected chi connectivity index (χ3v) is 5.32. The second-order valence-corrected chi connectivity index (χ2v) is 7.04. The summed E-state index contributed by atoms with van der Waals surface area (Å²) in [5.41, 5.74) is 4.92. The third-order valence-electron chi connectivity index (χ3n) is 5.32. The van der Waals surface area contributed by atoms with E-state index in [9.17, 15) is 0 Å². The maximum atomic E-state index is 5.32. The highest BCUT2D eigenvalue weighted by Gasteiger charge is 2.14. The lowest BCUT2D eigenvalue weighted by atomic mass is 9.98. The highest BCUT2D eigenvalue weighted by Crippen LogP contribution is 2.26. The van der Waals surface area contributed by atoms with Crippen molar-refractivity contribution in [2.75, 3.05) is 20.8 Å². The van der Waals surface area contributed by atoms with E-state index in [1.54, 1.807) is 14.2 Å². The Kier molecular flexibility index (Phi) is 5.82. The van der Waals surface area contributed by atoms with Crippen molar-refractivity contribution in [2.45, 2.75) is 12.5 Å². The molecule has 0 aliphatic carbocycles. The number of aromatic nitrogens is 1. The first kappa shape index (κ1) is 19.1. The Morgan fingerprint density at radius 1 is 0.793 bits per heavy atom. The SMILES string of the molecule is COc1ccc(C(NCCc2c[nH]c3ccccc23)c2ccc(OC)cc2)cc1. The number of aromatic amines is 1. The molecule has 4 nitrogen and oxygen atoms in total. The molecule has 0 aliphatic rings. The summed E-state index contributed by atoms with van der Waals surface area (Å²) in [6, 6.07) is 25.0. The molecule has 0 amide bonds. The van der Waals surface area contributed by atoms with E-state index in [0.717, 1.165) is 24.5 Å². The summed E-state index contributed by atoms with van der Waals surface area (Å²) < 4.78 is 10.6. The molecular weight excluding hydrogens is 360 g/mol. The van der Waals surface area contributed by atoms with E-state index in [4.69, 9.17) is 9.47 Å². The Morgan fingerprint density at radius 3 is 1.97 bits per heavy atom. The highest BCUT2D eigenvalue weighted by atomic mass is 16.5. The zero-order valence-corrected chi connectivity index (χ0v) is 16.8. The summed E-state index contributed by atoms with van der Waals surface area (Å²) >= 11 is 0. The van der Waals surface area contributed by atoms with Gasteiger partial charge in [-0.05, 0) is 53.4 Å². The van der Waals surface area contributed by atoms with Crippen LogP contribution in [0.2, 0.25) is 0 Å². The van der Waals surface area contributed by atoms with E-state index in [2.05, 4.69) is 65.0 Å². The molecule has 4 rings (SSSR count). The van der Waals surface area contributed by atoms with Gasteiger partial charge in [-0.1, -0.05) is 42.5 Å². The Hall–Kier alpha value is -3.24. The van der Waals surface area contributed by atoms with Crippen LogP contribution in [0.15, 0.2) is 79.0 Å². The third kappa shape index (κ3) is 4.28. The fraction of sp³-hybridized carbons (Fsp3) is 0.200. The van der Waals surface area contributed by atoms with E-state index in [0.29, 0.717) is 0 Å². The first-order valence-corrected chi connectivity index (χ1v) is 9.85. The molecule has 29 heavy (non-hydrogen) atoms. The predicted molar refractivity (Wildman–Crippen MR) is 118 cm³/mol. The molecule has 0 aliphatic heterocycles. The summed E-state index contributed by atoms with van der Waals surface area (Å²) in [5.74, 6) is 1.72. The Labute approximate surface area is 171 Å². The second-order valence-electron chi connectivity index (χ2n) is 7.04. The van der Waals surface area contributed by atoms with Crippen LogP contribution in [0.4, 0.5) is 0 Å². The van der Waals surface area contributed by atoms with Crippen molar-refractivity contribution in [1.82, 2.24) is 10.3 Å². The highest BCUT2D eigenvalue weighted by molar-refractivity contribution is 5.83. The molecule has 0 bridgehead atoms. The normalized spacial score (nSPS) is 11.1. The minimum absolute atomic E-state index is 0.0945. The second kappa shape index (κ2) is 8.84. The maximum absolute atomic E-state index is 5.32. The lowest BCUT2D eigenvalue weighted by Crippen LogP contribution is -2.24. The Bertz CT molecular complexity index is 1000. The van der Waals surface area contributed by atoms with Gasteiger partial charge in [-0.15, -0.1) is 0 Å². The molecule has 4 aromatic rings. The van der Waals surface area contributed by atoms with E-state index in [1.165, 1.54) is 27.6 Å². The number of fused-ring (bicyclic) bond motifs is 1. The standard InChI is InChI=1S/C25H26N2O2/c1-28-21-11-7-18(8-12-21)25(19-9-13-22(29-2)14-10-19)26-16-15-20-17-27-24-6-4-3-5-23(20)24/h3-14,17,25-27H,15-16H2,1-2H3. The number of para-hydroxylation sites is 1. The molecule has 0 fully saturated rings. The van der Waals surface area contributed by atoms with Crippen molar-refractivity contribution >= 4 is 10.9 Å². The molecule has 0 radical (unpaired) electrons. The summed E-state index contributed by atoms with van der Waals surface area (Å²) in [6.07, 6.45) is 3.06. The fourth-order valence-electron chi connectivity index (χ4n) is 3.71. The number of hydrogen-bond acceptors (Lipinski definition) is 3. The van der Waals surface area contributed by atoms with Gasteiger partial charge in [0.25, 0.3) is 0 Å². The van der Waals surface area contributed by atoms with Crippen LogP contribution in [-0.2, 0) is 6.42 Å². The zero-order chi connectivity index (χ0) is 20.1. The summed E-state index contributed by atoms with van der Waals surface area (Å²) in [4.78, 5) is 3.36. The van der Waals surface area contributed by atoms with Crippen LogP contribution < -0.4 is 14.8 Å². The quantitative estimate of drug-likeness (QED) is 0.442. The number of nitrogens with one attached hydrogen (secondary N) is 2. The number of methoxy groups -OCH3 is 2. The van der Waals surface area contributed by atoms with Gasteiger partial charge in [-0.25, -0.2) is 0 Å². The number of hydrogen-bond donors (Lipinski definition) is 2. The van der Waals surface area contributed by atoms with Gasteiger partial charge in [0.2, 0.25) is 0 Å². The average molecular weight is 386 g/mol. The van der Waals surface area contributed by atoms with Crippen LogP contribution in [0.25, 0.3) is 10.9 Å². The van der Waals surface area contributed by atoms with Crippen LogP contribution in [0.3, 0.4) is 0 Å². The molecule has 148 valence electrons. The summed E-state index contributed by atoms with van der Waals surface area (Å²) in [7, 11) is 3.38. The van der Waals surface area contributed by atoms with Gasteiger partial charge < -0.3 is 19.8 Å². The maximum Gasteiger partial charge on any atom is 0.118 e. The Balaban J connectivity index is 1.54. The molecular formula is C25H26N2O2. The van der Waals surface area contributed by atoms with E-state index < -0.39 is 0 Å². The molecule has 0 spiro atoms. The molecule has 1 heterocycles. The van der Waals surface area contributed by atoms with Crippen molar-refractivity contribution in [3.05, 3.63) is 95.7 Å². The fourth-order valence-corrected chi connectivity index (χ4v) is 3.71. The predicted octanol–water partition coefficient (Wildman–Crippen LogP) is 5.11. The van der Waals surface area contributed by atoms with Gasteiger partial charge in [0.15, 0.2) is 0 Å². The largest absolute Gasteiger partial charge is 0.497 e. The lowest BCUT2D eigenvalue weighted by Gasteiger charge is -2.20. The molecule has 2 N–H and O–H groups in total. The van der Waals surface area contributed by atoms with Gasteiger partial charge in [0, 0.05) is 23.6 Å². The zero-order valence-electron chi connectivity index (χ0n) is 16.8. The molecule has 3 aromatic carbocycles. The molecule has 0 unspecified atom stereocenters. The lowest BCUT2D eigenvalue weighted by molar-refractivity contribution is 0.414. The number of ether oxygens (including phenoxy) is 2. The van der Waals surface area contributed by atoms with Crippen molar-refractivity contribution in [1.29, 1.82) is 0 Å². The van der Waals surface area contributed by atoms with Crippen LogP contribution in [0.5, 0.6) is 11.5 Å². The molecule has 0 saturated carbocycles. The minimum atomic E-state index is 0.0945. The van der Waals surface area contributed by atoms with Gasteiger partial charge in [0.05, 0.1) is 20.3 Å². The Morgan fingerprint density at radius 2 is 1.38 bits per heavy atom. The van der Waals surface area contributed by atoms with Crippen molar-refractivity contribution < 1.29 is 9.47 Å². The van der Waals surface area contributed by atoms with Gasteiger partial charge >= 0.3 is 0 Å². The van der Waals surface area contributed by atoms with Gasteiger partial charge in [-0.2, -0.15) is 0 Å². The molecule has 4 heteroatoms. The monoisotopic (exact) mass is 386 g/mol. The number of rotatable bonds is 8. The van der Waals surface area contributed by atoms with Gasteiger partial charge in [0.1, 0.15) is 11.5 Å². The van der Waals surface area contributed by atoms with Crippen LogP contribution >= 0.6 is 0 Å². The topological polar surface area (TPSA) is 46.3 Å². The first-order valence-electron chi connectivity index (χ1n) is 9.85. The van der Waals surface area contributed by atoms with Crippen molar-refractivity contribution in [3.63, 3.8) is 0 Å². The molecule has 1 aromatic heterocycles. The van der Waals surface area contributed by atoms with Crippen molar-refractivity contribution in [2.24, 2.45) is 0 Å². The average Bonchev–Trinajstić information content (AvgIpc) is 3.20. The van der Waals surface area contributed by atoms with E-state index >= 15 is 0 Å². The van der Waals surface area contributed by atoms with Crippen LogP contribution in [0, 0.1) is 0 Å². The van der Waals surface area contributed by atoms with E-state index in [-0.39, 0.29) is 6.04 Å². The first-order chi connectivity index (χ1) is 14.3. The summed E-state index contributed by atoms with van der Waals surface area (Å²) in [5, 5.41) is 5.03. The molecule has 0 saturated heterocycles. The van der Waals surface area contributed by atoms with Crippen LogP contribution in [-0.4, -0.2) is 25.7 Å². The smallest absolute Gasteiger partial charge is 0.118 e. The number of benzene rings is 3. The minimum Gasteiger partial charge on any atom is -0.497 e. The van der Waals surface area contributed by atoms with Crippen molar-refractivity contribution in [3.8, 4) is 11.5 Å². The summed E-state index contributed by atoms with van der Waals surface area (Å²) in [6.45, 7) is 0.866. The van der Waals surface area contributed by atoms with Crippen LogP contribution in [0.1, 0.15) is 22.7 Å².